The van der Waals surface area contributed by atoms with Gasteiger partial charge in [0.15, 0.2) is 0 Å². The van der Waals surface area contributed by atoms with Crippen molar-refractivity contribution in [3.8, 4) is 0 Å². The number of amides is 2. The van der Waals surface area contributed by atoms with Gasteiger partial charge in [0.2, 0.25) is 0 Å². The third-order valence-electron chi connectivity index (χ3n) is 3.47. The van der Waals surface area contributed by atoms with Crippen molar-refractivity contribution in [2.45, 2.75) is 25.3 Å². The standard InChI is InChI=1S/C14H23N5O/c15-7-3-9-17-14(20)18-12-5-10-19(11-6-12)13-4-1-2-8-16-13/h1-2,4,8,12H,3,5-7,9-11,15H2,(H2,17,18,20). The predicted molar refractivity (Wildman–Crippen MR) is 79.7 cm³/mol. The number of rotatable bonds is 5. The highest BCUT2D eigenvalue weighted by molar-refractivity contribution is 5.74. The van der Waals surface area contributed by atoms with Crippen LogP contribution in [0.5, 0.6) is 0 Å². The fraction of sp³-hybridized carbons (Fsp3) is 0.571. The molecule has 1 saturated heterocycles. The van der Waals surface area contributed by atoms with E-state index in [2.05, 4.69) is 20.5 Å². The minimum Gasteiger partial charge on any atom is -0.356 e. The SMILES string of the molecule is NCCCNC(=O)NC1CCN(c2ccccn2)CC1. The van der Waals surface area contributed by atoms with Crippen LogP contribution in [-0.2, 0) is 0 Å². The fourth-order valence-corrected chi connectivity index (χ4v) is 2.33. The molecule has 20 heavy (non-hydrogen) atoms. The van der Waals surface area contributed by atoms with Gasteiger partial charge in [0.05, 0.1) is 0 Å². The quantitative estimate of drug-likeness (QED) is 0.692. The molecule has 0 aromatic carbocycles. The first-order chi connectivity index (χ1) is 9.79. The van der Waals surface area contributed by atoms with Crippen molar-refractivity contribution in [2.75, 3.05) is 31.1 Å². The highest BCUT2D eigenvalue weighted by Gasteiger charge is 2.21. The first-order valence-corrected chi connectivity index (χ1v) is 7.20. The maximum atomic E-state index is 11.6. The Morgan fingerprint density at radius 2 is 2.20 bits per heavy atom. The third-order valence-corrected chi connectivity index (χ3v) is 3.47. The van der Waals surface area contributed by atoms with E-state index in [1.54, 1.807) is 0 Å². The summed E-state index contributed by atoms with van der Waals surface area (Å²) < 4.78 is 0. The summed E-state index contributed by atoms with van der Waals surface area (Å²) >= 11 is 0. The average Bonchev–Trinajstić information content (AvgIpc) is 2.49. The lowest BCUT2D eigenvalue weighted by Crippen LogP contribution is -2.48. The molecule has 6 heteroatoms. The summed E-state index contributed by atoms with van der Waals surface area (Å²) in [7, 11) is 0. The van der Waals surface area contributed by atoms with Gasteiger partial charge < -0.3 is 21.3 Å². The zero-order chi connectivity index (χ0) is 14.2. The van der Waals surface area contributed by atoms with Crippen LogP contribution >= 0.6 is 0 Å². The fourth-order valence-electron chi connectivity index (χ4n) is 2.33. The second kappa shape index (κ2) is 7.69. The Kier molecular flexibility index (Phi) is 5.61. The third kappa shape index (κ3) is 4.38. The summed E-state index contributed by atoms with van der Waals surface area (Å²) in [6.45, 7) is 3.08. The van der Waals surface area contributed by atoms with E-state index in [9.17, 15) is 4.79 Å². The Morgan fingerprint density at radius 1 is 1.40 bits per heavy atom. The molecular formula is C14H23N5O. The highest BCUT2D eigenvalue weighted by atomic mass is 16.2. The van der Waals surface area contributed by atoms with E-state index in [1.165, 1.54) is 0 Å². The highest BCUT2D eigenvalue weighted by Crippen LogP contribution is 2.16. The number of piperidine rings is 1. The number of urea groups is 1. The van der Waals surface area contributed by atoms with Crippen molar-refractivity contribution in [3.63, 3.8) is 0 Å². The van der Waals surface area contributed by atoms with Gasteiger partial charge >= 0.3 is 6.03 Å². The molecule has 0 saturated carbocycles. The van der Waals surface area contributed by atoms with Crippen LogP contribution in [0.25, 0.3) is 0 Å². The van der Waals surface area contributed by atoms with Crippen LogP contribution in [0.1, 0.15) is 19.3 Å². The van der Waals surface area contributed by atoms with Gasteiger partial charge in [-0.15, -0.1) is 0 Å². The Morgan fingerprint density at radius 3 is 2.85 bits per heavy atom. The normalized spacial score (nSPS) is 15.9. The summed E-state index contributed by atoms with van der Waals surface area (Å²) in [5.74, 6) is 1.01. The van der Waals surface area contributed by atoms with Gasteiger partial charge in [-0.25, -0.2) is 9.78 Å². The Bertz CT molecular complexity index is 403. The molecule has 1 aliphatic heterocycles. The van der Waals surface area contributed by atoms with E-state index < -0.39 is 0 Å². The minimum absolute atomic E-state index is 0.0882. The molecule has 1 fully saturated rings. The molecule has 1 aliphatic rings. The Hall–Kier alpha value is -1.82. The first-order valence-electron chi connectivity index (χ1n) is 7.20. The van der Waals surface area contributed by atoms with Crippen LogP contribution in [0.4, 0.5) is 10.6 Å². The lowest BCUT2D eigenvalue weighted by molar-refractivity contribution is 0.234. The van der Waals surface area contributed by atoms with Gasteiger partial charge in [0.25, 0.3) is 0 Å². The van der Waals surface area contributed by atoms with Crippen LogP contribution in [0.15, 0.2) is 24.4 Å². The predicted octanol–water partition coefficient (Wildman–Crippen LogP) is 0.698. The molecule has 4 N–H and O–H groups in total. The number of aromatic nitrogens is 1. The van der Waals surface area contributed by atoms with E-state index in [0.717, 1.165) is 38.2 Å². The van der Waals surface area contributed by atoms with Gasteiger partial charge in [0.1, 0.15) is 5.82 Å². The molecule has 0 spiro atoms. The van der Waals surface area contributed by atoms with Crippen molar-refractivity contribution in [3.05, 3.63) is 24.4 Å². The van der Waals surface area contributed by atoms with Crippen molar-refractivity contribution in [1.29, 1.82) is 0 Å². The molecular weight excluding hydrogens is 254 g/mol. The Balaban J connectivity index is 1.70. The molecule has 6 nitrogen and oxygen atoms in total. The van der Waals surface area contributed by atoms with E-state index in [1.807, 2.05) is 24.4 Å². The molecule has 0 atom stereocenters. The van der Waals surface area contributed by atoms with Gasteiger partial charge in [0, 0.05) is 31.9 Å². The largest absolute Gasteiger partial charge is 0.356 e. The van der Waals surface area contributed by atoms with Crippen molar-refractivity contribution >= 4 is 11.8 Å². The van der Waals surface area contributed by atoms with Gasteiger partial charge in [-0.1, -0.05) is 6.07 Å². The van der Waals surface area contributed by atoms with E-state index >= 15 is 0 Å². The summed E-state index contributed by atoms with van der Waals surface area (Å²) in [6.07, 6.45) is 4.51. The van der Waals surface area contributed by atoms with Crippen LogP contribution in [0.3, 0.4) is 0 Å². The smallest absolute Gasteiger partial charge is 0.315 e. The number of pyridine rings is 1. The topological polar surface area (TPSA) is 83.3 Å². The van der Waals surface area contributed by atoms with Gasteiger partial charge in [-0.2, -0.15) is 0 Å². The summed E-state index contributed by atoms with van der Waals surface area (Å²) in [5.41, 5.74) is 5.39. The summed E-state index contributed by atoms with van der Waals surface area (Å²) in [5, 5.41) is 5.83. The lowest BCUT2D eigenvalue weighted by atomic mass is 10.1. The summed E-state index contributed by atoms with van der Waals surface area (Å²) in [4.78, 5) is 18.3. The van der Waals surface area contributed by atoms with Crippen LogP contribution < -0.4 is 21.3 Å². The molecule has 2 rings (SSSR count). The van der Waals surface area contributed by atoms with Gasteiger partial charge in [-0.3, -0.25) is 0 Å². The molecule has 110 valence electrons. The monoisotopic (exact) mass is 277 g/mol. The van der Waals surface area contributed by atoms with Crippen LogP contribution in [-0.4, -0.2) is 43.2 Å². The number of hydrogen-bond donors (Lipinski definition) is 3. The number of nitrogens with two attached hydrogens (primary N) is 1. The molecule has 0 unspecified atom stereocenters. The number of anilines is 1. The molecule has 2 heterocycles. The van der Waals surface area contributed by atoms with E-state index in [-0.39, 0.29) is 12.1 Å². The maximum Gasteiger partial charge on any atom is 0.315 e. The van der Waals surface area contributed by atoms with Crippen LogP contribution in [0.2, 0.25) is 0 Å². The molecule has 0 radical (unpaired) electrons. The molecule has 0 aliphatic carbocycles. The lowest BCUT2D eigenvalue weighted by Gasteiger charge is -2.33. The van der Waals surface area contributed by atoms with Crippen molar-refractivity contribution in [2.24, 2.45) is 5.73 Å². The first kappa shape index (κ1) is 14.6. The molecule has 0 bridgehead atoms. The Labute approximate surface area is 119 Å². The number of hydrogen-bond acceptors (Lipinski definition) is 4. The minimum atomic E-state index is -0.0882. The van der Waals surface area contributed by atoms with Crippen molar-refractivity contribution in [1.82, 2.24) is 15.6 Å². The molecule has 2 amide bonds. The van der Waals surface area contributed by atoms with Crippen molar-refractivity contribution < 1.29 is 4.79 Å². The van der Waals surface area contributed by atoms with E-state index in [4.69, 9.17) is 5.73 Å². The van der Waals surface area contributed by atoms with Gasteiger partial charge in [-0.05, 0) is 37.9 Å². The zero-order valence-corrected chi connectivity index (χ0v) is 11.7. The number of carbonyl (C=O) groups excluding carboxylic acids is 1. The number of nitrogens with zero attached hydrogens (tertiary/aromatic N) is 2. The van der Waals surface area contributed by atoms with E-state index in [0.29, 0.717) is 13.1 Å². The van der Waals surface area contributed by atoms with Crippen LogP contribution in [0, 0.1) is 0 Å². The maximum absolute atomic E-state index is 11.6. The zero-order valence-electron chi connectivity index (χ0n) is 11.7. The average molecular weight is 277 g/mol. The number of carbonyl (C=O) groups is 1. The summed E-state index contributed by atoms with van der Waals surface area (Å²) in [6, 6.07) is 6.09. The number of nitrogens with one attached hydrogen (secondary N) is 2. The molecule has 1 aromatic rings. The second-order valence-corrected chi connectivity index (χ2v) is 4.99. The second-order valence-electron chi connectivity index (χ2n) is 4.99. The molecule has 1 aromatic heterocycles.